The summed E-state index contributed by atoms with van der Waals surface area (Å²) in [4.78, 5) is 1.04. The van der Waals surface area contributed by atoms with Gasteiger partial charge in [-0.3, -0.25) is 0 Å². The molecule has 0 saturated carbocycles. The number of hydrogen-bond donors (Lipinski definition) is 0. The van der Waals surface area contributed by atoms with Crippen molar-refractivity contribution < 1.29 is 0 Å². The van der Waals surface area contributed by atoms with Gasteiger partial charge in [-0.15, -0.1) is 0 Å². The molecule has 106 valence electrons. The van der Waals surface area contributed by atoms with Gasteiger partial charge in [-0.05, 0) is 28.7 Å². The van der Waals surface area contributed by atoms with E-state index in [2.05, 4.69) is 84.9 Å². The van der Waals surface area contributed by atoms with Crippen molar-refractivity contribution in [3.05, 3.63) is 107 Å². The molecule has 0 spiro atoms. The Bertz CT molecular complexity index is 779. The van der Waals surface area contributed by atoms with E-state index in [9.17, 15) is 0 Å². The Morgan fingerprint density at radius 2 is 1.14 bits per heavy atom. The first-order valence-corrected chi connectivity index (χ1v) is 7.97. The molecule has 0 bridgehead atoms. The summed E-state index contributed by atoms with van der Waals surface area (Å²) in [5.41, 5.74) is 4.91. The first-order valence-electron chi connectivity index (χ1n) is 7.56. The summed E-state index contributed by atoms with van der Waals surface area (Å²) in [5, 5.41) is 0. The third-order valence-electron chi connectivity index (χ3n) is 4.64. The second-order valence-electron chi connectivity index (χ2n) is 5.80. The normalized spacial score (nSPS) is 15.5. The molecule has 3 aromatic carbocycles. The third kappa shape index (κ3) is 1.86. The maximum Gasteiger partial charge on any atom is 0.0599 e. The van der Waals surface area contributed by atoms with Crippen LogP contribution in [0.15, 0.2) is 84.9 Å². The van der Waals surface area contributed by atoms with E-state index >= 15 is 0 Å². The fourth-order valence-corrected chi connectivity index (χ4v) is 4.08. The zero-order chi connectivity index (χ0) is 15.0. The van der Waals surface area contributed by atoms with Gasteiger partial charge in [0.15, 0.2) is 0 Å². The number of hydrogen-bond acceptors (Lipinski definition) is 1. The smallest absolute Gasteiger partial charge is 0.0599 e. The summed E-state index contributed by atoms with van der Waals surface area (Å²) in [7, 11) is 0. The van der Waals surface area contributed by atoms with Crippen LogP contribution in [0.3, 0.4) is 0 Å². The molecule has 0 heterocycles. The molecule has 0 amide bonds. The van der Waals surface area contributed by atoms with Crippen LogP contribution in [0, 0.1) is 0 Å². The van der Waals surface area contributed by atoms with Gasteiger partial charge in [0.2, 0.25) is 0 Å². The van der Waals surface area contributed by atoms with Crippen LogP contribution in [0.2, 0.25) is 0 Å². The highest BCUT2D eigenvalue weighted by molar-refractivity contribution is 7.81. The number of fused-ring (bicyclic) bond motifs is 1. The molecule has 0 atom stereocenters. The van der Waals surface area contributed by atoms with Crippen molar-refractivity contribution in [3.8, 4) is 0 Å². The average molecular weight is 300 g/mol. The average Bonchev–Trinajstić information content (AvgIpc) is 2.91. The fraction of sp³-hybridized carbons (Fsp3) is 0.0952. The van der Waals surface area contributed by atoms with Gasteiger partial charge in [-0.1, -0.05) is 97.1 Å². The lowest BCUT2D eigenvalue weighted by Crippen LogP contribution is -2.33. The predicted octanol–water partition coefficient (Wildman–Crippen LogP) is 4.95. The summed E-state index contributed by atoms with van der Waals surface area (Å²) in [6.45, 7) is 0. The molecular formula is C21H16S. The van der Waals surface area contributed by atoms with Crippen LogP contribution in [-0.4, -0.2) is 4.86 Å². The lowest BCUT2D eigenvalue weighted by molar-refractivity contribution is 0.714. The van der Waals surface area contributed by atoms with E-state index in [1.807, 2.05) is 0 Å². The minimum absolute atomic E-state index is 0.221. The van der Waals surface area contributed by atoms with Gasteiger partial charge in [0, 0.05) is 4.86 Å². The van der Waals surface area contributed by atoms with Crippen LogP contribution < -0.4 is 0 Å². The van der Waals surface area contributed by atoms with E-state index in [-0.39, 0.29) is 5.41 Å². The Morgan fingerprint density at radius 3 is 1.68 bits per heavy atom. The molecule has 0 radical (unpaired) electrons. The third-order valence-corrected chi connectivity index (χ3v) is 5.21. The second-order valence-corrected chi connectivity index (χ2v) is 6.21. The Balaban J connectivity index is 1.99. The largest absolute Gasteiger partial charge is 0.0829 e. The SMILES string of the molecule is S=C1c2ccccc2CC1(c1ccccc1)c1ccccc1. The molecule has 1 aliphatic rings. The van der Waals surface area contributed by atoms with Gasteiger partial charge in [-0.25, -0.2) is 0 Å². The van der Waals surface area contributed by atoms with Crippen molar-refractivity contribution in [2.75, 3.05) is 0 Å². The van der Waals surface area contributed by atoms with E-state index < -0.39 is 0 Å². The van der Waals surface area contributed by atoms with Crippen LogP contribution >= 0.6 is 12.2 Å². The maximum absolute atomic E-state index is 5.97. The molecule has 0 unspecified atom stereocenters. The lowest BCUT2D eigenvalue weighted by Gasteiger charge is -2.31. The molecule has 1 aliphatic carbocycles. The number of rotatable bonds is 2. The lowest BCUT2D eigenvalue weighted by atomic mass is 9.72. The zero-order valence-electron chi connectivity index (χ0n) is 12.2. The van der Waals surface area contributed by atoms with Crippen molar-refractivity contribution in [2.24, 2.45) is 0 Å². The molecule has 0 nitrogen and oxygen atoms in total. The predicted molar refractivity (Wildman–Crippen MR) is 95.5 cm³/mol. The molecular weight excluding hydrogens is 284 g/mol. The van der Waals surface area contributed by atoms with Crippen LogP contribution in [0.1, 0.15) is 22.3 Å². The highest BCUT2D eigenvalue weighted by Gasteiger charge is 2.44. The Kier molecular flexibility index (Phi) is 3.16. The van der Waals surface area contributed by atoms with E-state index in [1.54, 1.807) is 0 Å². The van der Waals surface area contributed by atoms with Gasteiger partial charge in [0.25, 0.3) is 0 Å². The topological polar surface area (TPSA) is 0 Å². The summed E-state index contributed by atoms with van der Waals surface area (Å²) in [5.74, 6) is 0. The summed E-state index contributed by atoms with van der Waals surface area (Å²) in [6, 6.07) is 29.9. The summed E-state index contributed by atoms with van der Waals surface area (Å²) >= 11 is 5.97. The van der Waals surface area contributed by atoms with Gasteiger partial charge >= 0.3 is 0 Å². The van der Waals surface area contributed by atoms with Crippen molar-refractivity contribution in [1.82, 2.24) is 0 Å². The maximum atomic E-state index is 5.97. The van der Waals surface area contributed by atoms with Crippen LogP contribution in [-0.2, 0) is 11.8 Å². The van der Waals surface area contributed by atoms with Gasteiger partial charge in [0.05, 0.1) is 5.41 Å². The second kappa shape index (κ2) is 5.19. The first kappa shape index (κ1) is 13.4. The molecule has 0 N–H and O–H groups in total. The Labute approximate surface area is 136 Å². The molecule has 0 saturated heterocycles. The highest BCUT2D eigenvalue weighted by Crippen LogP contribution is 2.45. The molecule has 1 heteroatoms. The quantitative estimate of drug-likeness (QED) is 0.604. The van der Waals surface area contributed by atoms with Crippen LogP contribution in [0.4, 0.5) is 0 Å². The molecule has 0 aromatic heterocycles. The van der Waals surface area contributed by atoms with Crippen molar-refractivity contribution >= 4 is 17.1 Å². The first-order chi connectivity index (χ1) is 10.8. The monoisotopic (exact) mass is 300 g/mol. The highest BCUT2D eigenvalue weighted by atomic mass is 32.1. The van der Waals surface area contributed by atoms with Crippen molar-refractivity contribution in [3.63, 3.8) is 0 Å². The van der Waals surface area contributed by atoms with E-state index in [0.29, 0.717) is 0 Å². The van der Waals surface area contributed by atoms with E-state index in [4.69, 9.17) is 12.2 Å². The van der Waals surface area contributed by atoms with Crippen molar-refractivity contribution in [1.29, 1.82) is 0 Å². The standard InChI is InChI=1S/C21H16S/c22-20-19-14-8-7-9-16(19)15-21(20,17-10-3-1-4-11-17)18-12-5-2-6-13-18/h1-14H,15H2. The van der Waals surface area contributed by atoms with Gasteiger partial charge < -0.3 is 0 Å². The van der Waals surface area contributed by atoms with E-state index in [1.165, 1.54) is 22.3 Å². The van der Waals surface area contributed by atoms with Crippen LogP contribution in [0.5, 0.6) is 0 Å². The zero-order valence-corrected chi connectivity index (χ0v) is 13.0. The Morgan fingerprint density at radius 1 is 0.636 bits per heavy atom. The minimum atomic E-state index is -0.221. The molecule has 22 heavy (non-hydrogen) atoms. The summed E-state index contributed by atoms with van der Waals surface area (Å²) < 4.78 is 0. The fourth-order valence-electron chi connectivity index (χ4n) is 3.57. The van der Waals surface area contributed by atoms with Gasteiger partial charge in [0.1, 0.15) is 0 Å². The van der Waals surface area contributed by atoms with Crippen LogP contribution in [0.25, 0.3) is 0 Å². The van der Waals surface area contributed by atoms with Crippen molar-refractivity contribution in [2.45, 2.75) is 11.8 Å². The molecule has 0 fully saturated rings. The number of thiocarbonyl (C=S) groups is 1. The number of benzene rings is 3. The molecule has 0 aliphatic heterocycles. The summed E-state index contributed by atoms with van der Waals surface area (Å²) in [6.07, 6.45) is 0.941. The molecule has 4 rings (SSSR count). The Hall–Kier alpha value is -2.25. The minimum Gasteiger partial charge on any atom is -0.0829 e. The van der Waals surface area contributed by atoms with Gasteiger partial charge in [-0.2, -0.15) is 0 Å². The van der Waals surface area contributed by atoms with E-state index in [0.717, 1.165) is 11.3 Å². The molecule has 3 aromatic rings.